The highest BCUT2D eigenvalue weighted by atomic mass is 35.5. The first kappa shape index (κ1) is 18.5. The SMILES string of the molecule is O=C(Cc1ccc(Cl)cc1)N/N=C\c1ccc(-c2ccc(Cl)cc2Cl)o1. The van der Waals surface area contributed by atoms with Crippen LogP contribution >= 0.6 is 34.8 Å². The number of halogens is 3. The summed E-state index contributed by atoms with van der Waals surface area (Å²) in [4.78, 5) is 11.9. The first-order valence-corrected chi connectivity index (χ1v) is 8.76. The topological polar surface area (TPSA) is 54.6 Å². The fraction of sp³-hybridized carbons (Fsp3) is 0.0526. The van der Waals surface area contributed by atoms with Gasteiger partial charge in [-0.25, -0.2) is 5.43 Å². The van der Waals surface area contributed by atoms with Crippen LogP contribution in [0, 0.1) is 0 Å². The van der Waals surface area contributed by atoms with Crippen molar-refractivity contribution in [1.82, 2.24) is 5.43 Å². The van der Waals surface area contributed by atoms with Crippen LogP contribution in [0.1, 0.15) is 11.3 Å². The Labute approximate surface area is 165 Å². The van der Waals surface area contributed by atoms with Crippen molar-refractivity contribution in [1.29, 1.82) is 0 Å². The van der Waals surface area contributed by atoms with E-state index in [0.717, 1.165) is 11.1 Å². The number of nitrogens with zero attached hydrogens (tertiary/aromatic N) is 1. The van der Waals surface area contributed by atoms with Gasteiger partial charge in [-0.15, -0.1) is 0 Å². The molecule has 0 aliphatic heterocycles. The molecule has 3 rings (SSSR count). The highest BCUT2D eigenvalue weighted by molar-refractivity contribution is 6.36. The molecular formula is C19H13Cl3N2O2. The molecule has 3 aromatic rings. The van der Waals surface area contributed by atoms with Gasteiger partial charge in [0.25, 0.3) is 0 Å². The second kappa shape index (κ2) is 8.41. The van der Waals surface area contributed by atoms with Crippen LogP contribution in [0.15, 0.2) is 64.1 Å². The summed E-state index contributed by atoms with van der Waals surface area (Å²) in [6.07, 6.45) is 1.63. The van der Waals surface area contributed by atoms with Gasteiger partial charge < -0.3 is 4.42 Å². The highest BCUT2D eigenvalue weighted by Gasteiger charge is 2.08. The summed E-state index contributed by atoms with van der Waals surface area (Å²) in [6.45, 7) is 0. The number of hydrogen-bond donors (Lipinski definition) is 1. The summed E-state index contributed by atoms with van der Waals surface area (Å²) in [6, 6.07) is 15.7. The number of carbonyl (C=O) groups is 1. The van der Waals surface area contributed by atoms with Gasteiger partial charge in [0, 0.05) is 15.6 Å². The smallest absolute Gasteiger partial charge is 0.244 e. The van der Waals surface area contributed by atoms with Crippen LogP contribution in [0.4, 0.5) is 0 Å². The molecule has 0 aliphatic rings. The van der Waals surface area contributed by atoms with E-state index in [4.69, 9.17) is 39.2 Å². The monoisotopic (exact) mass is 406 g/mol. The van der Waals surface area contributed by atoms with Crippen LogP contribution in [0.25, 0.3) is 11.3 Å². The summed E-state index contributed by atoms with van der Waals surface area (Å²) in [5.41, 5.74) is 4.03. The van der Waals surface area contributed by atoms with E-state index in [1.807, 2.05) is 0 Å². The molecule has 4 nitrogen and oxygen atoms in total. The van der Waals surface area contributed by atoms with Gasteiger partial charge >= 0.3 is 0 Å². The number of amides is 1. The van der Waals surface area contributed by atoms with Crippen LogP contribution in [0.3, 0.4) is 0 Å². The third-order valence-corrected chi connectivity index (χ3v) is 4.28. The van der Waals surface area contributed by atoms with Gasteiger partial charge in [0.05, 0.1) is 17.7 Å². The molecule has 26 heavy (non-hydrogen) atoms. The molecule has 0 saturated heterocycles. The average Bonchev–Trinajstić information content (AvgIpc) is 3.05. The minimum Gasteiger partial charge on any atom is -0.455 e. The Morgan fingerprint density at radius 3 is 2.46 bits per heavy atom. The number of furan rings is 1. The molecule has 0 unspecified atom stereocenters. The predicted molar refractivity (Wildman–Crippen MR) is 105 cm³/mol. The van der Waals surface area contributed by atoms with Gasteiger partial charge in [-0.1, -0.05) is 46.9 Å². The molecule has 0 bridgehead atoms. The molecule has 1 aromatic heterocycles. The quantitative estimate of drug-likeness (QED) is 0.442. The average molecular weight is 408 g/mol. The third kappa shape index (κ3) is 4.88. The summed E-state index contributed by atoms with van der Waals surface area (Å²) in [7, 11) is 0. The number of hydrazone groups is 1. The van der Waals surface area contributed by atoms with Crippen LogP contribution in [-0.2, 0) is 11.2 Å². The van der Waals surface area contributed by atoms with Crippen LogP contribution < -0.4 is 5.43 Å². The van der Waals surface area contributed by atoms with E-state index in [0.29, 0.717) is 26.6 Å². The number of carbonyl (C=O) groups excluding carboxylic acids is 1. The molecule has 1 amide bonds. The van der Waals surface area contributed by atoms with E-state index in [2.05, 4.69) is 10.5 Å². The molecule has 0 spiro atoms. The Morgan fingerprint density at radius 2 is 1.73 bits per heavy atom. The normalized spacial score (nSPS) is 11.0. The van der Waals surface area contributed by atoms with Crippen molar-refractivity contribution < 1.29 is 9.21 Å². The largest absolute Gasteiger partial charge is 0.455 e. The van der Waals surface area contributed by atoms with Crippen molar-refractivity contribution in [2.24, 2.45) is 5.10 Å². The van der Waals surface area contributed by atoms with Crippen molar-refractivity contribution in [2.75, 3.05) is 0 Å². The molecule has 0 atom stereocenters. The fourth-order valence-corrected chi connectivity index (χ4v) is 2.88. The lowest BCUT2D eigenvalue weighted by molar-refractivity contribution is -0.120. The Balaban J connectivity index is 1.60. The summed E-state index contributed by atoms with van der Waals surface area (Å²) in [5.74, 6) is 0.828. The van der Waals surface area contributed by atoms with Gasteiger partial charge in [0.2, 0.25) is 5.91 Å². The second-order valence-electron chi connectivity index (χ2n) is 5.42. The van der Waals surface area contributed by atoms with Gasteiger partial charge in [-0.2, -0.15) is 5.10 Å². The Kier molecular flexibility index (Phi) is 5.99. The van der Waals surface area contributed by atoms with Crippen molar-refractivity contribution in [2.45, 2.75) is 6.42 Å². The van der Waals surface area contributed by atoms with E-state index in [9.17, 15) is 4.79 Å². The Bertz CT molecular complexity index is 950. The lowest BCUT2D eigenvalue weighted by atomic mass is 10.1. The Hall–Kier alpha value is -2.27. The van der Waals surface area contributed by atoms with Gasteiger partial charge in [-0.05, 0) is 48.0 Å². The molecular weight excluding hydrogens is 395 g/mol. The molecule has 0 aliphatic carbocycles. The second-order valence-corrected chi connectivity index (χ2v) is 6.70. The number of nitrogens with one attached hydrogen (secondary N) is 1. The van der Waals surface area contributed by atoms with Crippen molar-refractivity contribution in [3.05, 3.63) is 81.0 Å². The zero-order valence-electron chi connectivity index (χ0n) is 13.4. The maximum atomic E-state index is 11.9. The lowest BCUT2D eigenvalue weighted by Gasteiger charge is -2.01. The van der Waals surface area contributed by atoms with Crippen LogP contribution in [0.5, 0.6) is 0 Å². The van der Waals surface area contributed by atoms with E-state index >= 15 is 0 Å². The van der Waals surface area contributed by atoms with Crippen molar-refractivity contribution >= 4 is 46.9 Å². The predicted octanol–water partition coefficient (Wildman–Crippen LogP) is 5.60. The summed E-state index contributed by atoms with van der Waals surface area (Å²) < 4.78 is 5.66. The standard InChI is InChI=1S/C19H13Cl3N2O2/c20-13-3-1-12(2-4-13)9-19(25)24-23-11-15-6-8-18(26-15)16-7-5-14(21)10-17(16)22/h1-8,10-11H,9H2,(H,24,25)/b23-11-. The maximum absolute atomic E-state index is 11.9. The van der Waals surface area contributed by atoms with Crippen LogP contribution in [-0.4, -0.2) is 12.1 Å². The van der Waals surface area contributed by atoms with E-state index in [1.54, 1.807) is 54.6 Å². The number of rotatable bonds is 5. The van der Waals surface area contributed by atoms with Crippen LogP contribution in [0.2, 0.25) is 15.1 Å². The van der Waals surface area contributed by atoms with Gasteiger partial charge in [0.1, 0.15) is 11.5 Å². The third-order valence-electron chi connectivity index (χ3n) is 3.48. The molecule has 2 aromatic carbocycles. The zero-order valence-corrected chi connectivity index (χ0v) is 15.6. The lowest BCUT2D eigenvalue weighted by Crippen LogP contribution is -2.19. The molecule has 1 heterocycles. The molecule has 0 saturated carbocycles. The summed E-state index contributed by atoms with van der Waals surface area (Å²) in [5, 5.41) is 5.57. The Morgan fingerprint density at radius 1 is 1.00 bits per heavy atom. The molecule has 0 radical (unpaired) electrons. The van der Waals surface area contributed by atoms with Crippen molar-refractivity contribution in [3.63, 3.8) is 0 Å². The van der Waals surface area contributed by atoms with Gasteiger partial charge in [-0.3, -0.25) is 4.79 Å². The number of benzene rings is 2. The zero-order chi connectivity index (χ0) is 18.5. The molecule has 132 valence electrons. The van der Waals surface area contributed by atoms with Gasteiger partial charge in [0.15, 0.2) is 0 Å². The van der Waals surface area contributed by atoms with E-state index in [-0.39, 0.29) is 12.3 Å². The number of hydrogen-bond acceptors (Lipinski definition) is 3. The molecule has 7 heteroatoms. The first-order valence-electron chi connectivity index (χ1n) is 7.63. The van der Waals surface area contributed by atoms with E-state index < -0.39 is 0 Å². The van der Waals surface area contributed by atoms with Crippen molar-refractivity contribution in [3.8, 4) is 11.3 Å². The summed E-state index contributed by atoms with van der Waals surface area (Å²) >= 11 is 17.9. The first-order chi connectivity index (χ1) is 12.5. The highest BCUT2D eigenvalue weighted by Crippen LogP contribution is 2.31. The molecule has 0 fully saturated rings. The maximum Gasteiger partial charge on any atom is 0.244 e. The molecule has 1 N–H and O–H groups in total. The minimum absolute atomic E-state index is 0.207. The fourth-order valence-electron chi connectivity index (χ4n) is 2.25. The van der Waals surface area contributed by atoms with E-state index in [1.165, 1.54) is 6.21 Å². The minimum atomic E-state index is -0.240.